The Balaban J connectivity index is 1.95. The van der Waals surface area contributed by atoms with Crippen LogP contribution in [0.15, 0.2) is 42.6 Å². The largest absolute Gasteiger partial charge is 0.496 e. The van der Waals surface area contributed by atoms with Crippen LogP contribution in [0.1, 0.15) is 15.9 Å². The molecule has 0 radical (unpaired) electrons. The standard InChI is InChI=1S/C15H16N2O2S/c1-19-13-7-3-2-5-11(13)8-10-16-14(18)12-6-4-9-17-15(12)20/h2-7,9H,8,10H2,1H3,(H,16,18)(H,17,20). The van der Waals surface area contributed by atoms with Crippen molar-refractivity contribution in [1.82, 2.24) is 10.3 Å². The van der Waals surface area contributed by atoms with Gasteiger partial charge in [0, 0.05) is 12.7 Å². The molecule has 0 atom stereocenters. The van der Waals surface area contributed by atoms with E-state index in [-0.39, 0.29) is 5.91 Å². The van der Waals surface area contributed by atoms with Gasteiger partial charge in [0.1, 0.15) is 10.4 Å². The second kappa shape index (κ2) is 6.86. The lowest BCUT2D eigenvalue weighted by molar-refractivity contribution is 0.0953. The second-order valence-corrected chi connectivity index (χ2v) is 4.64. The van der Waals surface area contributed by atoms with Crippen LogP contribution in [0, 0.1) is 4.64 Å². The molecule has 0 unspecified atom stereocenters. The number of carbonyl (C=O) groups excluding carboxylic acids is 1. The second-order valence-electron chi connectivity index (χ2n) is 4.23. The summed E-state index contributed by atoms with van der Waals surface area (Å²) in [5.41, 5.74) is 1.55. The summed E-state index contributed by atoms with van der Waals surface area (Å²) in [4.78, 5) is 14.8. The van der Waals surface area contributed by atoms with E-state index in [1.807, 2.05) is 24.3 Å². The third kappa shape index (κ3) is 3.45. The van der Waals surface area contributed by atoms with Crippen LogP contribution in [-0.2, 0) is 6.42 Å². The molecule has 5 heteroatoms. The van der Waals surface area contributed by atoms with Crippen LogP contribution in [0.4, 0.5) is 0 Å². The molecule has 0 spiro atoms. The van der Waals surface area contributed by atoms with Crippen molar-refractivity contribution < 1.29 is 9.53 Å². The number of nitrogens with one attached hydrogen (secondary N) is 2. The Hall–Kier alpha value is -2.14. The minimum absolute atomic E-state index is 0.165. The summed E-state index contributed by atoms with van der Waals surface area (Å²) in [6.07, 6.45) is 2.41. The maximum Gasteiger partial charge on any atom is 0.254 e. The third-order valence-electron chi connectivity index (χ3n) is 2.94. The zero-order valence-electron chi connectivity index (χ0n) is 11.2. The highest BCUT2D eigenvalue weighted by atomic mass is 32.1. The van der Waals surface area contributed by atoms with Gasteiger partial charge in [-0.2, -0.15) is 0 Å². The molecule has 1 amide bonds. The number of hydrogen-bond donors (Lipinski definition) is 2. The summed E-state index contributed by atoms with van der Waals surface area (Å²) in [7, 11) is 1.64. The van der Waals surface area contributed by atoms with Crippen molar-refractivity contribution in [3.8, 4) is 5.75 Å². The van der Waals surface area contributed by atoms with Gasteiger partial charge in [0.15, 0.2) is 0 Å². The molecule has 0 aliphatic rings. The molecule has 0 aliphatic heterocycles. The zero-order chi connectivity index (χ0) is 14.4. The molecule has 2 rings (SSSR count). The number of carbonyl (C=O) groups is 1. The molecule has 20 heavy (non-hydrogen) atoms. The first-order valence-corrected chi connectivity index (χ1v) is 6.71. The Morgan fingerprint density at radius 2 is 2.10 bits per heavy atom. The first-order chi connectivity index (χ1) is 9.72. The van der Waals surface area contributed by atoms with E-state index < -0.39 is 0 Å². The van der Waals surface area contributed by atoms with Crippen molar-refractivity contribution >= 4 is 18.1 Å². The number of rotatable bonds is 5. The summed E-state index contributed by atoms with van der Waals surface area (Å²) >= 11 is 5.08. The summed E-state index contributed by atoms with van der Waals surface area (Å²) in [6.45, 7) is 0.531. The highest BCUT2D eigenvalue weighted by Crippen LogP contribution is 2.17. The van der Waals surface area contributed by atoms with Crippen molar-refractivity contribution in [2.45, 2.75) is 6.42 Å². The first-order valence-electron chi connectivity index (χ1n) is 6.30. The van der Waals surface area contributed by atoms with Crippen LogP contribution in [0.2, 0.25) is 0 Å². The highest BCUT2D eigenvalue weighted by Gasteiger charge is 2.07. The van der Waals surface area contributed by atoms with Gasteiger partial charge in [0.05, 0.1) is 12.7 Å². The summed E-state index contributed by atoms with van der Waals surface area (Å²) in [5.74, 6) is 0.667. The Morgan fingerprint density at radius 1 is 1.30 bits per heavy atom. The molecule has 1 heterocycles. The maximum atomic E-state index is 12.0. The van der Waals surface area contributed by atoms with E-state index >= 15 is 0 Å². The molecule has 1 aromatic carbocycles. The molecule has 0 fully saturated rings. The van der Waals surface area contributed by atoms with E-state index in [1.54, 1.807) is 25.4 Å². The van der Waals surface area contributed by atoms with E-state index in [9.17, 15) is 4.79 Å². The van der Waals surface area contributed by atoms with Crippen LogP contribution in [-0.4, -0.2) is 24.5 Å². The van der Waals surface area contributed by atoms with Gasteiger partial charge in [-0.3, -0.25) is 4.79 Å². The molecular formula is C15H16N2O2S. The van der Waals surface area contributed by atoms with Gasteiger partial charge in [0.2, 0.25) is 0 Å². The first kappa shape index (κ1) is 14.3. The van der Waals surface area contributed by atoms with Crippen molar-refractivity contribution in [2.75, 3.05) is 13.7 Å². The van der Waals surface area contributed by atoms with Gasteiger partial charge in [-0.25, -0.2) is 0 Å². The van der Waals surface area contributed by atoms with Gasteiger partial charge in [-0.05, 0) is 30.2 Å². The minimum Gasteiger partial charge on any atom is -0.496 e. The van der Waals surface area contributed by atoms with Crippen LogP contribution < -0.4 is 10.1 Å². The molecular weight excluding hydrogens is 272 g/mol. The molecule has 0 bridgehead atoms. The predicted octanol–water partition coefficient (Wildman–Crippen LogP) is 2.73. The van der Waals surface area contributed by atoms with Gasteiger partial charge in [0.25, 0.3) is 5.91 Å². The number of hydrogen-bond acceptors (Lipinski definition) is 3. The average molecular weight is 288 g/mol. The summed E-state index contributed by atoms with van der Waals surface area (Å²) in [5, 5.41) is 2.86. The van der Waals surface area contributed by atoms with Gasteiger partial charge in [-0.15, -0.1) is 0 Å². The van der Waals surface area contributed by atoms with E-state index in [2.05, 4.69) is 10.3 Å². The number of aromatic nitrogens is 1. The van der Waals surface area contributed by atoms with Crippen molar-refractivity contribution in [1.29, 1.82) is 0 Å². The van der Waals surface area contributed by atoms with Gasteiger partial charge in [-0.1, -0.05) is 30.4 Å². The lowest BCUT2D eigenvalue weighted by Gasteiger charge is -2.09. The molecule has 2 aromatic rings. The molecule has 0 saturated heterocycles. The number of benzene rings is 1. The fraction of sp³-hybridized carbons (Fsp3) is 0.200. The minimum atomic E-state index is -0.165. The number of methoxy groups -OCH3 is 1. The lowest BCUT2D eigenvalue weighted by atomic mass is 10.1. The normalized spacial score (nSPS) is 10.1. The number of H-pyrrole nitrogens is 1. The topological polar surface area (TPSA) is 54.1 Å². The molecule has 0 aliphatic carbocycles. The average Bonchev–Trinajstić information content (AvgIpc) is 2.48. The maximum absolute atomic E-state index is 12.0. The number of amides is 1. The van der Waals surface area contributed by atoms with Crippen molar-refractivity contribution in [2.24, 2.45) is 0 Å². The third-order valence-corrected chi connectivity index (χ3v) is 3.27. The van der Waals surface area contributed by atoms with Crippen molar-refractivity contribution in [3.05, 3.63) is 58.4 Å². The van der Waals surface area contributed by atoms with Crippen molar-refractivity contribution in [3.63, 3.8) is 0 Å². The monoisotopic (exact) mass is 288 g/mol. The summed E-state index contributed by atoms with van der Waals surface area (Å²) in [6, 6.07) is 11.2. The Kier molecular flexibility index (Phi) is 4.90. The molecule has 1 aromatic heterocycles. The Morgan fingerprint density at radius 3 is 2.85 bits per heavy atom. The Labute approximate surface area is 122 Å². The van der Waals surface area contributed by atoms with Crippen LogP contribution in [0.5, 0.6) is 5.75 Å². The molecule has 2 N–H and O–H groups in total. The smallest absolute Gasteiger partial charge is 0.254 e. The lowest BCUT2D eigenvalue weighted by Crippen LogP contribution is -2.26. The summed E-state index contributed by atoms with van der Waals surface area (Å²) < 4.78 is 5.72. The Bertz CT molecular complexity index is 652. The highest BCUT2D eigenvalue weighted by molar-refractivity contribution is 7.71. The number of para-hydroxylation sites is 1. The van der Waals surface area contributed by atoms with Crippen LogP contribution >= 0.6 is 12.2 Å². The van der Waals surface area contributed by atoms with E-state index in [0.29, 0.717) is 23.2 Å². The van der Waals surface area contributed by atoms with Gasteiger partial charge >= 0.3 is 0 Å². The molecule has 0 saturated carbocycles. The number of aromatic amines is 1. The van der Waals surface area contributed by atoms with E-state index in [0.717, 1.165) is 11.3 Å². The fourth-order valence-electron chi connectivity index (χ4n) is 1.92. The zero-order valence-corrected chi connectivity index (χ0v) is 12.0. The van der Waals surface area contributed by atoms with Gasteiger partial charge < -0.3 is 15.0 Å². The predicted molar refractivity (Wildman–Crippen MR) is 80.7 cm³/mol. The van der Waals surface area contributed by atoms with Crippen LogP contribution in [0.3, 0.4) is 0 Å². The SMILES string of the molecule is COc1ccccc1CCNC(=O)c1ccc[nH]c1=S. The molecule has 104 valence electrons. The van der Waals surface area contributed by atoms with Crippen LogP contribution in [0.25, 0.3) is 0 Å². The fourth-order valence-corrected chi connectivity index (χ4v) is 2.14. The number of pyridine rings is 1. The van der Waals surface area contributed by atoms with E-state index in [4.69, 9.17) is 17.0 Å². The van der Waals surface area contributed by atoms with E-state index in [1.165, 1.54) is 0 Å². The quantitative estimate of drug-likeness (QED) is 0.832. The molecule has 4 nitrogen and oxygen atoms in total. The number of ether oxygens (including phenoxy) is 1.